The van der Waals surface area contributed by atoms with Gasteiger partial charge in [-0.3, -0.25) is 4.79 Å². The second-order valence-electron chi connectivity index (χ2n) is 4.09. The van der Waals surface area contributed by atoms with Crippen molar-refractivity contribution in [2.45, 2.75) is 25.5 Å². The predicted octanol–water partition coefficient (Wildman–Crippen LogP) is 0.362. The first-order valence-corrected chi connectivity index (χ1v) is 6.03. The van der Waals surface area contributed by atoms with Gasteiger partial charge in [0.15, 0.2) is 6.10 Å². The Labute approximate surface area is 111 Å². The van der Waals surface area contributed by atoms with Gasteiger partial charge in [0.2, 0.25) is 0 Å². The van der Waals surface area contributed by atoms with Gasteiger partial charge in [0, 0.05) is 6.54 Å². The number of hydrogen-bond acceptors (Lipinski definition) is 3. The third-order valence-electron chi connectivity index (χ3n) is 2.61. The van der Waals surface area contributed by atoms with E-state index in [1.54, 1.807) is 19.1 Å². The first kappa shape index (κ1) is 15.0. The Morgan fingerprint density at radius 2 is 1.89 bits per heavy atom. The van der Waals surface area contributed by atoms with Crippen LogP contribution in [0.15, 0.2) is 30.3 Å². The monoisotopic (exact) mass is 266 g/mol. The Hall–Kier alpha value is -2.08. The van der Waals surface area contributed by atoms with Crippen molar-refractivity contribution >= 4 is 12.0 Å². The summed E-state index contributed by atoms with van der Waals surface area (Å²) in [6.45, 7) is 2.10. The van der Waals surface area contributed by atoms with Crippen LogP contribution in [0.25, 0.3) is 0 Å². The number of aliphatic hydroxyl groups excluding tert-OH is 1. The van der Waals surface area contributed by atoms with Gasteiger partial charge < -0.3 is 20.8 Å². The molecule has 1 rings (SSSR count). The van der Waals surface area contributed by atoms with Gasteiger partial charge in [0.05, 0.1) is 6.04 Å². The molecule has 0 heterocycles. The number of carboxylic acid groups (broad SMARTS) is 1. The van der Waals surface area contributed by atoms with Crippen molar-refractivity contribution in [1.29, 1.82) is 0 Å². The fourth-order valence-electron chi connectivity index (χ4n) is 1.73. The Morgan fingerprint density at radius 1 is 1.26 bits per heavy atom. The molecule has 0 saturated carbocycles. The number of benzene rings is 1. The molecule has 1 aromatic carbocycles. The van der Waals surface area contributed by atoms with E-state index in [4.69, 9.17) is 5.11 Å². The molecule has 0 bridgehead atoms. The zero-order chi connectivity index (χ0) is 14.3. The molecule has 0 aliphatic heterocycles. The van der Waals surface area contributed by atoms with Crippen molar-refractivity contribution in [3.8, 4) is 0 Å². The normalized spacial score (nSPS) is 13.4. The van der Waals surface area contributed by atoms with E-state index in [1.807, 2.05) is 18.2 Å². The predicted molar refractivity (Wildman–Crippen MR) is 69.8 cm³/mol. The zero-order valence-electron chi connectivity index (χ0n) is 10.7. The van der Waals surface area contributed by atoms with E-state index >= 15 is 0 Å². The van der Waals surface area contributed by atoms with E-state index in [9.17, 15) is 14.7 Å². The number of carbonyl (C=O) groups excluding carboxylic acids is 1. The van der Waals surface area contributed by atoms with Crippen molar-refractivity contribution in [2.24, 2.45) is 0 Å². The molecule has 6 heteroatoms. The van der Waals surface area contributed by atoms with Gasteiger partial charge in [0.25, 0.3) is 5.91 Å². The van der Waals surface area contributed by atoms with Gasteiger partial charge in [0.1, 0.15) is 0 Å². The fraction of sp³-hybridized carbons (Fsp3) is 0.385. The van der Waals surface area contributed by atoms with E-state index in [0.717, 1.165) is 5.56 Å². The van der Waals surface area contributed by atoms with Gasteiger partial charge in [-0.1, -0.05) is 30.3 Å². The molecule has 0 radical (unpaired) electrons. The third kappa shape index (κ3) is 4.97. The smallest absolute Gasteiger partial charge is 0.404 e. The fourth-order valence-corrected chi connectivity index (χ4v) is 1.73. The summed E-state index contributed by atoms with van der Waals surface area (Å²) in [5.41, 5.74) is 0.838. The van der Waals surface area contributed by atoms with Crippen LogP contribution in [0.5, 0.6) is 0 Å². The van der Waals surface area contributed by atoms with Crippen LogP contribution in [0.2, 0.25) is 0 Å². The maximum atomic E-state index is 11.6. The van der Waals surface area contributed by atoms with Crippen LogP contribution in [-0.4, -0.2) is 40.9 Å². The first-order chi connectivity index (χ1) is 9.04. The van der Waals surface area contributed by atoms with Crippen LogP contribution < -0.4 is 10.6 Å². The zero-order valence-corrected chi connectivity index (χ0v) is 10.7. The van der Waals surface area contributed by atoms with Gasteiger partial charge in [-0.05, 0) is 18.9 Å². The van der Waals surface area contributed by atoms with Crippen LogP contribution in [0.4, 0.5) is 4.79 Å². The molecule has 0 aliphatic rings. The lowest BCUT2D eigenvalue weighted by molar-refractivity contribution is -0.130. The van der Waals surface area contributed by atoms with E-state index < -0.39 is 24.1 Å². The lowest BCUT2D eigenvalue weighted by atomic mass is 10.0. The van der Waals surface area contributed by atoms with Gasteiger partial charge in [-0.2, -0.15) is 0 Å². The van der Waals surface area contributed by atoms with Crippen molar-refractivity contribution in [3.63, 3.8) is 0 Å². The molecule has 104 valence electrons. The third-order valence-corrected chi connectivity index (χ3v) is 2.61. The second-order valence-corrected chi connectivity index (χ2v) is 4.09. The summed E-state index contributed by atoms with van der Waals surface area (Å²) < 4.78 is 0. The van der Waals surface area contributed by atoms with Gasteiger partial charge >= 0.3 is 6.09 Å². The minimum Gasteiger partial charge on any atom is -0.465 e. The Bertz CT molecular complexity index is 422. The van der Waals surface area contributed by atoms with Crippen molar-refractivity contribution in [3.05, 3.63) is 35.9 Å². The number of aliphatic hydroxyl groups is 1. The van der Waals surface area contributed by atoms with E-state index in [0.29, 0.717) is 6.54 Å². The summed E-state index contributed by atoms with van der Waals surface area (Å²) in [5, 5.41) is 23.3. The minimum absolute atomic E-state index is 0.242. The second kappa shape index (κ2) is 7.38. The molecule has 19 heavy (non-hydrogen) atoms. The molecule has 0 spiro atoms. The van der Waals surface area contributed by atoms with Crippen molar-refractivity contribution in [2.75, 3.05) is 6.54 Å². The molecule has 0 fully saturated rings. The summed E-state index contributed by atoms with van der Waals surface area (Å²) in [6, 6.07) is 8.19. The lowest BCUT2D eigenvalue weighted by Crippen LogP contribution is -2.51. The molecule has 0 aliphatic carbocycles. The van der Waals surface area contributed by atoms with E-state index in [2.05, 4.69) is 10.6 Å². The average Bonchev–Trinajstić information content (AvgIpc) is 2.38. The quantitative estimate of drug-likeness (QED) is 0.597. The van der Waals surface area contributed by atoms with Crippen LogP contribution in [0.1, 0.15) is 12.5 Å². The molecule has 2 amide bonds. The lowest BCUT2D eigenvalue weighted by Gasteiger charge is -2.22. The Kier molecular flexibility index (Phi) is 5.81. The van der Waals surface area contributed by atoms with E-state index in [-0.39, 0.29) is 6.42 Å². The molecular weight excluding hydrogens is 248 g/mol. The standard InChI is InChI=1S/C13H18N2O4/c1-2-14-12(17)11(16)10(15-13(18)19)8-9-6-4-3-5-7-9/h3-7,10-11,15-16H,2,8H2,1H3,(H,14,17)(H,18,19)/t10-,11?/m0/s1. The number of rotatable bonds is 6. The molecule has 0 saturated heterocycles. The summed E-state index contributed by atoms with van der Waals surface area (Å²) in [7, 11) is 0. The summed E-state index contributed by atoms with van der Waals surface area (Å²) in [6.07, 6.45) is -2.45. The highest BCUT2D eigenvalue weighted by atomic mass is 16.4. The van der Waals surface area contributed by atoms with Crippen molar-refractivity contribution in [1.82, 2.24) is 10.6 Å². The largest absolute Gasteiger partial charge is 0.465 e. The van der Waals surface area contributed by atoms with Crippen LogP contribution in [0, 0.1) is 0 Å². The Balaban J connectivity index is 2.76. The summed E-state index contributed by atoms with van der Waals surface area (Å²) in [5.74, 6) is -0.586. The van der Waals surface area contributed by atoms with Crippen LogP contribution in [-0.2, 0) is 11.2 Å². The SMILES string of the molecule is CCNC(=O)C(O)[C@H](Cc1ccccc1)NC(=O)O. The molecule has 2 atom stereocenters. The topological polar surface area (TPSA) is 98.7 Å². The van der Waals surface area contributed by atoms with Crippen molar-refractivity contribution < 1.29 is 19.8 Å². The number of hydrogen-bond donors (Lipinski definition) is 4. The molecule has 4 N–H and O–H groups in total. The highest BCUT2D eigenvalue weighted by molar-refractivity contribution is 5.82. The number of amides is 2. The highest BCUT2D eigenvalue weighted by Gasteiger charge is 2.27. The highest BCUT2D eigenvalue weighted by Crippen LogP contribution is 2.07. The molecular formula is C13H18N2O4. The summed E-state index contributed by atoms with van der Waals surface area (Å²) in [4.78, 5) is 22.3. The Morgan fingerprint density at radius 3 is 2.42 bits per heavy atom. The molecule has 6 nitrogen and oxygen atoms in total. The van der Waals surface area contributed by atoms with E-state index in [1.165, 1.54) is 0 Å². The van der Waals surface area contributed by atoms with Gasteiger partial charge in [-0.25, -0.2) is 4.79 Å². The summed E-state index contributed by atoms with van der Waals surface area (Å²) >= 11 is 0. The number of nitrogens with one attached hydrogen (secondary N) is 2. The average molecular weight is 266 g/mol. The molecule has 0 aromatic heterocycles. The molecule has 1 unspecified atom stereocenters. The minimum atomic E-state index is -1.42. The first-order valence-electron chi connectivity index (χ1n) is 6.03. The van der Waals surface area contributed by atoms with Crippen LogP contribution in [0.3, 0.4) is 0 Å². The molecule has 1 aromatic rings. The number of carbonyl (C=O) groups is 2. The van der Waals surface area contributed by atoms with Gasteiger partial charge in [-0.15, -0.1) is 0 Å². The number of likely N-dealkylation sites (N-methyl/N-ethyl adjacent to an activating group) is 1. The maximum Gasteiger partial charge on any atom is 0.404 e. The maximum absolute atomic E-state index is 11.6. The van der Waals surface area contributed by atoms with Crippen LogP contribution >= 0.6 is 0 Å².